The third kappa shape index (κ3) is 29.5. The van der Waals surface area contributed by atoms with Crippen LogP contribution in [0.2, 0.25) is 0 Å². The summed E-state index contributed by atoms with van der Waals surface area (Å²) in [4.78, 5) is 0. The molecule has 0 saturated carbocycles. The Labute approximate surface area is 198 Å². The Kier molecular flexibility index (Phi) is 29.1. The Bertz CT molecular complexity index is 322. The normalized spacial score (nSPS) is 11.6. The van der Waals surface area contributed by atoms with Gasteiger partial charge in [0, 0.05) is 6.20 Å². The van der Waals surface area contributed by atoms with Crippen LogP contribution >= 0.6 is 0 Å². The molecular weight excluding hydrogens is 374 g/mol. The molecule has 0 spiro atoms. The Morgan fingerprint density at radius 1 is 0.355 bits per heavy atom. The summed E-state index contributed by atoms with van der Waals surface area (Å²) in [7, 11) is 0. The van der Waals surface area contributed by atoms with E-state index in [4.69, 9.17) is 5.73 Å². The zero-order valence-electron chi connectivity index (χ0n) is 21.7. The highest BCUT2D eigenvalue weighted by Crippen LogP contribution is 2.16. The van der Waals surface area contributed by atoms with Crippen molar-refractivity contribution in [3.63, 3.8) is 0 Å². The van der Waals surface area contributed by atoms with Gasteiger partial charge in [-0.1, -0.05) is 174 Å². The van der Waals surface area contributed by atoms with Crippen molar-refractivity contribution in [2.75, 3.05) is 0 Å². The molecule has 0 amide bonds. The first-order valence-electron chi connectivity index (χ1n) is 14.7. The molecule has 0 bridgehead atoms. The fraction of sp³-hybridized carbons (Fsp3) is 0.933. The van der Waals surface area contributed by atoms with E-state index >= 15 is 0 Å². The molecule has 0 unspecified atom stereocenters. The third-order valence-corrected chi connectivity index (χ3v) is 6.83. The molecule has 0 aromatic heterocycles. The molecule has 31 heavy (non-hydrogen) atoms. The molecule has 0 N–H and O–H groups in total. The minimum atomic E-state index is 1.04. The van der Waals surface area contributed by atoms with Crippen LogP contribution in [0.5, 0.6) is 0 Å². The van der Waals surface area contributed by atoms with Crippen LogP contribution in [0.3, 0.4) is 0 Å². The standard InChI is InChI=1S/C30H59N/c1-2-3-4-5-6-7-8-9-10-11-12-13-14-15-16-17-18-19-20-21-22-23-24-25-26-27-28-29-30-31/h29-30H,2-28H2,1H3. The van der Waals surface area contributed by atoms with Gasteiger partial charge >= 0.3 is 0 Å². The smallest absolute Gasteiger partial charge is 0.0455 e. The van der Waals surface area contributed by atoms with Crippen molar-refractivity contribution in [1.29, 1.82) is 0 Å². The number of rotatable bonds is 27. The number of unbranched alkanes of at least 4 members (excludes halogenated alkanes) is 26. The van der Waals surface area contributed by atoms with Crippen LogP contribution in [-0.2, 0) is 0 Å². The highest BCUT2D eigenvalue weighted by atomic mass is 14.5. The Balaban J connectivity index is 2.99. The molecule has 2 radical (unpaired) electrons. The van der Waals surface area contributed by atoms with Gasteiger partial charge in [0.05, 0.1) is 0 Å². The van der Waals surface area contributed by atoms with Gasteiger partial charge in [0.2, 0.25) is 0 Å². The molecule has 0 atom stereocenters. The summed E-state index contributed by atoms with van der Waals surface area (Å²) < 4.78 is 0. The Hall–Kier alpha value is -0.460. The first kappa shape index (κ1) is 30.5. The van der Waals surface area contributed by atoms with Gasteiger partial charge in [-0.2, -0.15) is 5.73 Å². The maximum Gasteiger partial charge on any atom is 0.0455 e. The number of hydrogen-bond donors (Lipinski definition) is 0. The molecule has 0 saturated heterocycles. The molecule has 0 rings (SSSR count). The minimum absolute atomic E-state index is 1.04. The van der Waals surface area contributed by atoms with E-state index < -0.39 is 0 Å². The fourth-order valence-electron chi connectivity index (χ4n) is 4.65. The van der Waals surface area contributed by atoms with E-state index in [1.807, 2.05) is 6.08 Å². The molecule has 0 aromatic rings. The molecule has 0 aliphatic carbocycles. The van der Waals surface area contributed by atoms with E-state index in [0.29, 0.717) is 0 Å². The van der Waals surface area contributed by atoms with Crippen LogP contribution in [0.1, 0.15) is 180 Å². The van der Waals surface area contributed by atoms with Crippen LogP contribution < -0.4 is 5.73 Å². The summed E-state index contributed by atoms with van der Waals surface area (Å²) in [5, 5.41) is 0. The Morgan fingerprint density at radius 2 is 0.581 bits per heavy atom. The Morgan fingerprint density at radius 3 is 0.806 bits per heavy atom. The summed E-state index contributed by atoms with van der Waals surface area (Å²) in [6.45, 7) is 2.30. The predicted molar refractivity (Wildman–Crippen MR) is 142 cm³/mol. The van der Waals surface area contributed by atoms with E-state index in [1.165, 1.54) is 173 Å². The maximum atomic E-state index is 8.58. The molecule has 0 aliphatic rings. The van der Waals surface area contributed by atoms with Gasteiger partial charge in [-0.3, -0.25) is 0 Å². The average molecular weight is 434 g/mol. The van der Waals surface area contributed by atoms with Gasteiger partial charge in [-0.25, -0.2) is 0 Å². The van der Waals surface area contributed by atoms with Crippen LogP contribution in [0.25, 0.3) is 0 Å². The summed E-state index contributed by atoms with van der Waals surface area (Å²) in [6.07, 6.45) is 41.6. The van der Waals surface area contributed by atoms with Gasteiger partial charge in [-0.15, -0.1) is 0 Å². The lowest BCUT2D eigenvalue weighted by Gasteiger charge is -2.04. The van der Waals surface area contributed by atoms with E-state index in [0.717, 1.165) is 6.42 Å². The molecule has 0 fully saturated rings. The van der Waals surface area contributed by atoms with Gasteiger partial charge in [0.25, 0.3) is 0 Å². The van der Waals surface area contributed by atoms with Crippen molar-refractivity contribution in [2.45, 2.75) is 180 Å². The minimum Gasteiger partial charge on any atom is -0.160 e. The quantitative estimate of drug-likeness (QED) is 0.115. The average Bonchev–Trinajstić information content (AvgIpc) is 2.78. The third-order valence-electron chi connectivity index (χ3n) is 6.83. The maximum absolute atomic E-state index is 8.58. The van der Waals surface area contributed by atoms with E-state index in [9.17, 15) is 0 Å². The van der Waals surface area contributed by atoms with E-state index in [2.05, 4.69) is 6.92 Å². The topological polar surface area (TPSA) is 22.3 Å². The molecule has 184 valence electrons. The molecule has 0 heterocycles. The molecule has 0 aliphatic heterocycles. The van der Waals surface area contributed by atoms with Crippen molar-refractivity contribution >= 4 is 0 Å². The second-order valence-corrected chi connectivity index (χ2v) is 10.0. The SMILES string of the molecule is CCCCCCCCCCCCCCCCCCCCCCCCCCCCC=C[N]. The van der Waals surface area contributed by atoms with Crippen molar-refractivity contribution in [3.8, 4) is 0 Å². The van der Waals surface area contributed by atoms with Crippen LogP contribution in [0.4, 0.5) is 0 Å². The fourth-order valence-corrected chi connectivity index (χ4v) is 4.65. The second-order valence-electron chi connectivity index (χ2n) is 10.0. The summed E-state index contributed by atoms with van der Waals surface area (Å²) in [6, 6.07) is 0. The van der Waals surface area contributed by atoms with E-state index in [1.54, 1.807) is 0 Å². The van der Waals surface area contributed by atoms with Crippen molar-refractivity contribution in [2.24, 2.45) is 0 Å². The first-order valence-corrected chi connectivity index (χ1v) is 14.7. The highest BCUT2D eigenvalue weighted by molar-refractivity contribution is 4.74. The van der Waals surface area contributed by atoms with Gasteiger partial charge < -0.3 is 0 Å². The predicted octanol–water partition coefficient (Wildman–Crippen LogP) is 11.1. The van der Waals surface area contributed by atoms with Gasteiger partial charge in [0.1, 0.15) is 0 Å². The zero-order valence-corrected chi connectivity index (χ0v) is 21.7. The zero-order chi connectivity index (χ0) is 22.5. The highest BCUT2D eigenvalue weighted by Gasteiger charge is 1.96. The summed E-state index contributed by atoms with van der Waals surface area (Å²) in [5.41, 5.74) is 8.58. The van der Waals surface area contributed by atoms with Gasteiger partial charge in [-0.05, 0) is 12.8 Å². The van der Waals surface area contributed by atoms with Crippen molar-refractivity contribution in [3.05, 3.63) is 12.3 Å². The van der Waals surface area contributed by atoms with Crippen molar-refractivity contribution in [1.82, 2.24) is 5.73 Å². The molecule has 1 heteroatoms. The molecule has 0 aromatic carbocycles. The molecule has 1 nitrogen and oxygen atoms in total. The monoisotopic (exact) mass is 433 g/mol. The van der Waals surface area contributed by atoms with E-state index in [-0.39, 0.29) is 0 Å². The lowest BCUT2D eigenvalue weighted by molar-refractivity contribution is 0.515. The largest absolute Gasteiger partial charge is 0.160 e. The van der Waals surface area contributed by atoms with Crippen LogP contribution in [-0.4, -0.2) is 0 Å². The lowest BCUT2D eigenvalue weighted by Crippen LogP contribution is -1.84. The van der Waals surface area contributed by atoms with Crippen LogP contribution in [0.15, 0.2) is 12.3 Å². The summed E-state index contributed by atoms with van der Waals surface area (Å²) >= 11 is 0. The first-order chi connectivity index (χ1) is 15.4. The lowest BCUT2D eigenvalue weighted by atomic mass is 10.0. The van der Waals surface area contributed by atoms with Crippen LogP contribution in [0, 0.1) is 0 Å². The number of hydrogen-bond acceptors (Lipinski definition) is 0. The number of allylic oxidation sites excluding steroid dienone is 1. The van der Waals surface area contributed by atoms with Crippen molar-refractivity contribution < 1.29 is 0 Å². The molecular formula is C30H59N. The summed E-state index contributed by atoms with van der Waals surface area (Å²) in [5.74, 6) is 0. The second kappa shape index (κ2) is 29.5. The van der Waals surface area contributed by atoms with Gasteiger partial charge in [0.15, 0.2) is 0 Å². The number of nitrogens with zero attached hydrogens (tertiary/aromatic N) is 1.